The Kier molecular flexibility index (Phi) is 4.76. The lowest BCUT2D eigenvalue weighted by molar-refractivity contribution is -0.107. The molecule has 3 heteroatoms. The predicted molar refractivity (Wildman–Crippen MR) is 71.3 cm³/mol. The molecule has 0 amide bonds. The van der Waals surface area contributed by atoms with Crippen molar-refractivity contribution in [2.24, 2.45) is 5.92 Å². The van der Waals surface area contributed by atoms with E-state index >= 15 is 0 Å². The summed E-state index contributed by atoms with van der Waals surface area (Å²) >= 11 is 5.27. The number of rotatable bonds is 4. The summed E-state index contributed by atoms with van der Waals surface area (Å²) in [6.45, 7) is 6.04. The minimum Gasteiger partial charge on any atom is -0.507 e. The van der Waals surface area contributed by atoms with Crippen molar-refractivity contribution in [2.75, 3.05) is 0 Å². The van der Waals surface area contributed by atoms with Gasteiger partial charge in [-0.2, -0.15) is 0 Å². The molecule has 1 aromatic rings. The molecule has 0 radical (unpaired) electrons. The van der Waals surface area contributed by atoms with E-state index in [0.29, 0.717) is 11.5 Å². The number of aryl methyl sites for hydroxylation is 1. The van der Waals surface area contributed by atoms with Crippen LogP contribution in [0.15, 0.2) is 18.2 Å². The van der Waals surface area contributed by atoms with Crippen LogP contribution in [0.2, 0.25) is 0 Å². The van der Waals surface area contributed by atoms with E-state index in [1.54, 1.807) is 6.08 Å². The van der Waals surface area contributed by atoms with Crippen molar-refractivity contribution in [3.8, 4) is 5.75 Å². The fraction of sp³-hybridized carbons (Fsp3) is 0.357. The van der Waals surface area contributed by atoms with Gasteiger partial charge in [0.1, 0.15) is 5.75 Å². The highest BCUT2D eigenvalue weighted by molar-refractivity contribution is 6.66. The number of hydrogen-bond acceptors (Lipinski definition) is 2. The number of benzene rings is 1. The Morgan fingerprint density at radius 2 is 2.12 bits per heavy atom. The summed E-state index contributed by atoms with van der Waals surface area (Å²) in [7, 11) is 0. The molecule has 17 heavy (non-hydrogen) atoms. The number of phenols is 1. The highest BCUT2D eigenvalue weighted by Gasteiger charge is 2.09. The van der Waals surface area contributed by atoms with Crippen molar-refractivity contribution in [1.29, 1.82) is 0 Å². The topological polar surface area (TPSA) is 37.3 Å². The summed E-state index contributed by atoms with van der Waals surface area (Å²) in [5, 5.41) is 9.46. The van der Waals surface area contributed by atoms with Crippen LogP contribution in [0.4, 0.5) is 0 Å². The molecule has 1 aromatic carbocycles. The first-order valence-electron chi connectivity index (χ1n) is 5.60. The molecule has 0 spiro atoms. The molecule has 0 atom stereocenters. The van der Waals surface area contributed by atoms with E-state index in [-0.39, 0.29) is 5.75 Å². The molecule has 0 unspecified atom stereocenters. The van der Waals surface area contributed by atoms with Crippen LogP contribution in [-0.2, 0) is 11.2 Å². The molecule has 0 heterocycles. The molecule has 0 saturated heterocycles. The van der Waals surface area contributed by atoms with E-state index in [1.807, 2.05) is 19.1 Å². The molecule has 0 fully saturated rings. The zero-order valence-electron chi connectivity index (χ0n) is 10.3. The van der Waals surface area contributed by atoms with E-state index in [2.05, 4.69) is 13.8 Å². The summed E-state index contributed by atoms with van der Waals surface area (Å²) < 4.78 is 0. The van der Waals surface area contributed by atoms with Gasteiger partial charge in [0.2, 0.25) is 5.24 Å². The first kappa shape index (κ1) is 13.8. The average molecular weight is 253 g/mol. The van der Waals surface area contributed by atoms with Crippen molar-refractivity contribution >= 4 is 22.9 Å². The van der Waals surface area contributed by atoms with Crippen LogP contribution in [-0.4, -0.2) is 10.3 Å². The van der Waals surface area contributed by atoms with Crippen LogP contribution in [0.1, 0.15) is 30.5 Å². The van der Waals surface area contributed by atoms with E-state index in [4.69, 9.17) is 11.6 Å². The van der Waals surface area contributed by atoms with Gasteiger partial charge in [-0.25, -0.2) is 0 Å². The molecule has 0 bridgehead atoms. The summed E-state index contributed by atoms with van der Waals surface area (Å²) in [5.41, 5.74) is 2.50. The Hall–Kier alpha value is -1.28. The third-order valence-corrected chi connectivity index (χ3v) is 2.64. The van der Waals surface area contributed by atoms with E-state index in [9.17, 15) is 9.90 Å². The molecule has 0 aliphatic carbocycles. The molecule has 0 aromatic heterocycles. The molecule has 2 nitrogen and oxygen atoms in total. The van der Waals surface area contributed by atoms with Gasteiger partial charge in [-0.3, -0.25) is 4.79 Å². The van der Waals surface area contributed by atoms with Crippen LogP contribution in [0, 0.1) is 12.8 Å². The smallest absolute Gasteiger partial charge is 0.245 e. The minimum atomic E-state index is -0.540. The van der Waals surface area contributed by atoms with E-state index < -0.39 is 5.24 Å². The fourth-order valence-corrected chi connectivity index (χ4v) is 1.77. The van der Waals surface area contributed by atoms with Gasteiger partial charge in [0.05, 0.1) is 0 Å². The molecular weight excluding hydrogens is 236 g/mol. The van der Waals surface area contributed by atoms with Crippen molar-refractivity contribution in [3.63, 3.8) is 0 Å². The summed E-state index contributed by atoms with van der Waals surface area (Å²) in [4.78, 5) is 10.7. The van der Waals surface area contributed by atoms with Crippen LogP contribution in [0.25, 0.3) is 6.08 Å². The number of halogens is 1. The Morgan fingerprint density at radius 3 is 2.65 bits per heavy atom. The lowest BCUT2D eigenvalue weighted by Crippen LogP contribution is -1.98. The van der Waals surface area contributed by atoms with Gasteiger partial charge in [-0.15, -0.1) is 0 Å². The average Bonchev–Trinajstić information content (AvgIpc) is 2.22. The first-order chi connectivity index (χ1) is 7.91. The SMILES string of the molecule is Cc1ccc(CC(C)C)c(C=CC(=O)Cl)c1O. The molecule has 1 rings (SSSR count). The molecule has 0 aliphatic heterocycles. The normalized spacial score (nSPS) is 11.4. The standard InChI is InChI=1S/C14H17ClO2/c1-9(2)8-11-5-4-10(3)14(17)12(11)6-7-13(15)16/h4-7,9,17H,8H2,1-3H3. The van der Waals surface area contributed by atoms with Crippen LogP contribution < -0.4 is 0 Å². The largest absolute Gasteiger partial charge is 0.507 e. The Labute approximate surface area is 107 Å². The Morgan fingerprint density at radius 1 is 1.47 bits per heavy atom. The molecule has 1 N–H and O–H groups in total. The second-order valence-electron chi connectivity index (χ2n) is 4.54. The maximum absolute atomic E-state index is 10.7. The summed E-state index contributed by atoms with van der Waals surface area (Å²) in [6, 6.07) is 3.86. The number of carbonyl (C=O) groups is 1. The monoisotopic (exact) mass is 252 g/mol. The van der Waals surface area contributed by atoms with Crippen LogP contribution in [0.5, 0.6) is 5.75 Å². The zero-order valence-corrected chi connectivity index (χ0v) is 11.1. The highest BCUT2D eigenvalue weighted by Crippen LogP contribution is 2.28. The summed E-state index contributed by atoms with van der Waals surface area (Å²) in [6.07, 6.45) is 3.69. The van der Waals surface area contributed by atoms with Gasteiger partial charge < -0.3 is 5.11 Å². The Balaban J connectivity index is 3.21. The Bertz CT molecular complexity index is 448. The number of allylic oxidation sites excluding steroid dienone is 1. The fourth-order valence-electron chi connectivity index (χ4n) is 1.71. The zero-order chi connectivity index (χ0) is 13.0. The summed E-state index contributed by atoms with van der Waals surface area (Å²) in [5.74, 6) is 0.702. The highest BCUT2D eigenvalue weighted by atomic mass is 35.5. The van der Waals surface area contributed by atoms with Crippen molar-refractivity contribution in [2.45, 2.75) is 27.2 Å². The van der Waals surface area contributed by atoms with Gasteiger partial charge in [0.25, 0.3) is 0 Å². The van der Waals surface area contributed by atoms with Gasteiger partial charge in [0.15, 0.2) is 0 Å². The molecule has 0 aliphatic rings. The van der Waals surface area contributed by atoms with E-state index in [0.717, 1.165) is 17.5 Å². The maximum atomic E-state index is 10.7. The number of carbonyl (C=O) groups excluding carboxylic acids is 1. The van der Waals surface area contributed by atoms with Crippen LogP contribution >= 0.6 is 11.6 Å². The van der Waals surface area contributed by atoms with Gasteiger partial charge in [-0.05, 0) is 54.1 Å². The number of hydrogen-bond donors (Lipinski definition) is 1. The third-order valence-electron chi connectivity index (χ3n) is 2.52. The number of phenolic OH excluding ortho intramolecular Hbond substituents is 1. The van der Waals surface area contributed by atoms with Crippen LogP contribution in [0.3, 0.4) is 0 Å². The van der Waals surface area contributed by atoms with Gasteiger partial charge >= 0.3 is 0 Å². The quantitative estimate of drug-likeness (QED) is 0.656. The minimum absolute atomic E-state index is 0.220. The maximum Gasteiger partial charge on any atom is 0.245 e. The third kappa shape index (κ3) is 3.90. The van der Waals surface area contributed by atoms with Crippen molar-refractivity contribution in [3.05, 3.63) is 34.9 Å². The predicted octanol–water partition coefficient (Wildman–Crippen LogP) is 3.68. The second-order valence-corrected chi connectivity index (χ2v) is 4.91. The lowest BCUT2D eigenvalue weighted by Gasteiger charge is -2.12. The molecule has 0 saturated carbocycles. The van der Waals surface area contributed by atoms with Crippen molar-refractivity contribution < 1.29 is 9.90 Å². The second kappa shape index (κ2) is 5.87. The van der Waals surface area contributed by atoms with Gasteiger partial charge in [0, 0.05) is 5.56 Å². The van der Waals surface area contributed by atoms with E-state index in [1.165, 1.54) is 6.08 Å². The molecular formula is C14H17ClO2. The van der Waals surface area contributed by atoms with Crippen molar-refractivity contribution in [1.82, 2.24) is 0 Å². The lowest BCUT2D eigenvalue weighted by atomic mass is 9.95. The first-order valence-corrected chi connectivity index (χ1v) is 5.98. The molecule has 92 valence electrons. The number of aromatic hydroxyl groups is 1. The van der Waals surface area contributed by atoms with Gasteiger partial charge in [-0.1, -0.05) is 26.0 Å².